The monoisotopic (exact) mass is 415 g/mol. The lowest BCUT2D eigenvalue weighted by molar-refractivity contribution is -0.136. The molecule has 2 aromatic rings. The number of nitrogens with zero attached hydrogens (tertiary/aromatic N) is 1. The van der Waals surface area contributed by atoms with E-state index in [2.05, 4.69) is 4.57 Å². The van der Waals surface area contributed by atoms with Crippen LogP contribution in [0, 0.1) is 13.8 Å². The van der Waals surface area contributed by atoms with Crippen molar-refractivity contribution < 1.29 is 28.5 Å². The molecular weight excluding hydrogens is 386 g/mol. The molecule has 0 N–H and O–H groups in total. The Hall–Kier alpha value is -3.06. The molecule has 0 fully saturated rings. The molecule has 1 aromatic carbocycles. The highest BCUT2D eigenvalue weighted by Gasteiger charge is 2.19. The molecule has 2 rings (SSSR count). The van der Waals surface area contributed by atoms with Crippen molar-refractivity contribution in [2.45, 2.75) is 26.8 Å². The molecular formula is C23H29NO6. The standard InChI is InChI=1S/C23H29NO6/c1-15-11-20(17(3)24(15)16(2)13-27-4)21(25)14-30-23(26)10-8-18-7-9-19(28-5)12-22(18)29-6/h7-12,16H,13-14H2,1-6H3/b10-8+/t16-/m1/s1. The Kier molecular flexibility index (Phi) is 8.24. The van der Waals surface area contributed by atoms with Gasteiger partial charge in [0.2, 0.25) is 5.78 Å². The Bertz CT molecular complexity index is 928. The summed E-state index contributed by atoms with van der Waals surface area (Å²) in [5, 5.41) is 0. The van der Waals surface area contributed by atoms with Gasteiger partial charge in [0.15, 0.2) is 6.61 Å². The van der Waals surface area contributed by atoms with Gasteiger partial charge in [-0.1, -0.05) is 0 Å². The molecule has 30 heavy (non-hydrogen) atoms. The number of ether oxygens (including phenoxy) is 4. The number of hydrogen-bond donors (Lipinski definition) is 0. The van der Waals surface area contributed by atoms with Crippen LogP contribution in [0.4, 0.5) is 0 Å². The van der Waals surface area contributed by atoms with Crippen molar-refractivity contribution in [2.24, 2.45) is 0 Å². The number of methoxy groups -OCH3 is 3. The van der Waals surface area contributed by atoms with Crippen LogP contribution in [0.3, 0.4) is 0 Å². The molecule has 0 saturated carbocycles. The third kappa shape index (κ3) is 5.51. The van der Waals surface area contributed by atoms with E-state index in [1.165, 1.54) is 13.2 Å². The Morgan fingerprint density at radius 2 is 1.83 bits per heavy atom. The summed E-state index contributed by atoms with van der Waals surface area (Å²) in [4.78, 5) is 24.7. The van der Waals surface area contributed by atoms with E-state index in [1.54, 1.807) is 38.5 Å². The number of ketones is 1. The Morgan fingerprint density at radius 1 is 1.10 bits per heavy atom. The van der Waals surface area contributed by atoms with E-state index in [-0.39, 0.29) is 18.4 Å². The number of aryl methyl sites for hydroxylation is 1. The average molecular weight is 415 g/mol. The van der Waals surface area contributed by atoms with E-state index >= 15 is 0 Å². The molecule has 7 nitrogen and oxygen atoms in total. The molecule has 0 aliphatic carbocycles. The van der Waals surface area contributed by atoms with Gasteiger partial charge in [0.25, 0.3) is 0 Å². The maximum Gasteiger partial charge on any atom is 0.331 e. The molecule has 0 saturated heterocycles. The van der Waals surface area contributed by atoms with Gasteiger partial charge in [-0.3, -0.25) is 4.79 Å². The zero-order valence-corrected chi connectivity index (χ0v) is 18.4. The third-order valence-corrected chi connectivity index (χ3v) is 4.82. The van der Waals surface area contributed by atoms with Gasteiger partial charge in [-0.2, -0.15) is 0 Å². The zero-order chi connectivity index (χ0) is 22.3. The topological polar surface area (TPSA) is 76.0 Å². The van der Waals surface area contributed by atoms with Crippen molar-refractivity contribution in [1.82, 2.24) is 4.57 Å². The molecule has 0 bridgehead atoms. The van der Waals surface area contributed by atoms with Crippen LogP contribution >= 0.6 is 0 Å². The molecule has 7 heteroatoms. The second-order valence-corrected chi connectivity index (χ2v) is 6.93. The van der Waals surface area contributed by atoms with Gasteiger partial charge >= 0.3 is 5.97 Å². The van der Waals surface area contributed by atoms with Gasteiger partial charge < -0.3 is 23.5 Å². The maximum absolute atomic E-state index is 12.6. The minimum atomic E-state index is -0.609. The number of carbonyl (C=O) groups excluding carboxylic acids is 2. The summed E-state index contributed by atoms with van der Waals surface area (Å²) in [5.74, 6) is 0.354. The van der Waals surface area contributed by atoms with Gasteiger partial charge in [0.05, 0.1) is 26.9 Å². The van der Waals surface area contributed by atoms with Crippen LogP contribution < -0.4 is 9.47 Å². The second kappa shape index (κ2) is 10.6. The Labute approximate surface area is 177 Å². The Balaban J connectivity index is 2.02. The molecule has 1 heterocycles. The summed E-state index contributed by atoms with van der Waals surface area (Å²) in [6, 6.07) is 7.16. The molecule has 162 valence electrons. The zero-order valence-electron chi connectivity index (χ0n) is 18.4. The quantitative estimate of drug-likeness (QED) is 0.334. The van der Waals surface area contributed by atoms with Gasteiger partial charge in [-0.15, -0.1) is 0 Å². The van der Waals surface area contributed by atoms with Crippen LogP contribution in [0.5, 0.6) is 11.5 Å². The SMILES string of the molecule is COC[C@@H](C)n1c(C)cc(C(=O)COC(=O)/C=C/c2ccc(OC)cc2OC)c1C. The minimum absolute atomic E-state index is 0.0986. The predicted octanol–water partition coefficient (Wildman–Crippen LogP) is 3.77. The molecule has 0 aliphatic heterocycles. The molecule has 1 aromatic heterocycles. The van der Waals surface area contributed by atoms with Crippen molar-refractivity contribution >= 4 is 17.8 Å². The molecule has 0 spiro atoms. The van der Waals surface area contributed by atoms with Crippen molar-refractivity contribution in [3.05, 3.63) is 52.9 Å². The van der Waals surface area contributed by atoms with Gasteiger partial charge in [0, 0.05) is 41.8 Å². The lowest BCUT2D eigenvalue weighted by Crippen LogP contribution is -2.16. The highest BCUT2D eigenvalue weighted by molar-refractivity contribution is 6.00. The van der Waals surface area contributed by atoms with Crippen LogP contribution in [-0.2, 0) is 14.3 Å². The molecule has 0 radical (unpaired) electrons. The number of rotatable bonds is 10. The normalized spacial score (nSPS) is 12.1. The number of hydrogen-bond acceptors (Lipinski definition) is 6. The van der Waals surface area contributed by atoms with Crippen molar-refractivity contribution in [3.63, 3.8) is 0 Å². The van der Waals surface area contributed by atoms with Crippen LogP contribution in [0.2, 0.25) is 0 Å². The van der Waals surface area contributed by atoms with Crippen molar-refractivity contribution in [2.75, 3.05) is 34.5 Å². The Morgan fingerprint density at radius 3 is 2.47 bits per heavy atom. The van der Waals surface area contributed by atoms with Gasteiger partial charge in [-0.05, 0) is 45.0 Å². The van der Waals surface area contributed by atoms with Crippen LogP contribution in [0.25, 0.3) is 6.08 Å². The molecule has 0 amide bonds. The number of benzene rings is 1. The fourth-order valence-electron chi connectivity index (χ4n) is 3.43. The van der Waals surface area contributed by atoms with Crippen LogP contribution in [-0.4, -0.2) is 50.9 Å². The predicted molar refractivity (Wildman–Crippen MR) is 114 cm³/mol. The van der Waals surface area contributed by atoms with Crippen molar-refractivity contribution in [1.29, 1.82) is 0 Å². The molecule has 0 unspecified atom stereocenters. The average Bonchev–Trinajstić information content (AvgIpc) is 3.04. The smallest absolute Gasteiger partial charge is 0.331 e. The molecule has 0 aliphatic rings. The first-order valence-electron chi connectivity index (χ1n) is 9.59. The first-order valence-corrected chi connectivity index (χ1v) is 9.59. The largest absolute Gasteiger partial charge is 0.497 e. The molecule has 1 atom stereocenters. The summed E-state index contributed by atoms with van der Waals surface area (Å²) >= 11 is 0. The summed E-state index contributed by atoms with van der Waals surface area (Å²) in [6.45, 7) is 6.05. The fraction of sp³-hybridized carbons (Fsp3) is 0.391. The van der Waals surface area contributed by atoms with E-state index in [0.29, 0.717) is 29.2 Å². The lowest BCUT2D eigenvalue weighted by Gasteiger charge is -2.17. The van der Waals surface area contributed by atoms with E-state index in [9.17, 15) is 9.59 Å². The van der Waals surface area contributed by atoms with Gasteiger partial charge in [0.1, 0.15) is 11.5 Å². The summed E-state index contributed by atoms with van der Waals surface area (Å²) in [5.41, 5.74) is 3.02. The second-order valence-electron chi connectivity index (χ2n) is 6.93. The van der Waals surface area contributed by atoms with E-state index < -0.39 is 5.97 Å². The summed E-state index contributed by atoms with van der Waals surface area (Å²) in [6.07, 6.45) is 2.84. The number of carbonyl (C=O) groups is 2. The summed E-state index contributed by atoms with van der Waals surface area (Å²) in [7, 11) is 4.74. The first-order chi connectivity index (χ1) is 14.3. The minimum Gasteiger partial charge on any atom is -0.497 e. The third-order valence-electron chi connectivity index (χ3n) is 4.82. The van der Waals surface area contributed by atoms with E-state index in [1.807, 2.05) is 26.8 Å². The van der Waals surface area contributed by atoms with Crippen molar-refractivity contribution in [3.8, 4) is 11.5 Å². The highest BCUT2D eigenvalue weighted by Crippen LogP contribution is 2.25. The number of Topliss-reactive ketones (excluding diaryl/α,β-unsaturated/α-hetero) is 1. The number of esters is 1. The number of aromatic nitrogens is 1. The van der Waals surface area contributed by atoms with Gasteiger partial charge in [-0.25, -0.2) is 4.79 Å². The highest BCUT2D eigenvalue weighted by atomic mass is 16.5. The first kappa shape index (κ1) is 23.2. The van der Waals surface area contributed by atoms with E-state index in [0.717, 1.165) is 11.4 Å². The summed E-state index contributed by atoms with van der Waals surface area (Å²) < 4.78 is 22.8. The fourth-order valence-corrected chi connectivity index (χ4v) is 3.43. The van der Waals surface area contributed by atoms with Crippen LogP contribution in [0.1, 0.15) is 40.3 Å². The lowest BCUT2D eigenvalue weighted by atomic mass is 10.1. The van der Waals surface area contributed by atoms with Crippen LogP contribution in [0.15, 0.2) is 30.3 Å². The van der Waals surface area contributed by atoms with E-state index in [4.69, 9.17) is 18.9 Å². The maximum atomic E-state index is 12.6.